The smallest absolute Gasteiger partial charge is 0.224 e. The number of aliphatic hydroxyl groups excluding tert-OH is 1. The Hall–Kier alpha value is -1.69. The van der Waals surface area contributed by atoms with Crippen molar-refractivity contribution in [1.29, 1.82) is 0 Å². The van der Waals surface area contributed by atoms with E-state index >= 15 is 0 Å². The maximum atomic E-state index is 8.06. The highest BCUT2D eigenvalue weighted by molar-refractivity contribution is 5.69. The van der Waals surface area contributed by atoms with Gasteiger partial charge in [0.25, 0.3) is 0 Å². The molecule has 0 saturated heterocycles. The number of hydrogen-bond acceptors (Lipinski definition) is 5. The Morgan fingerprint density at radius 2 is 2.07 bits per heavy atom. The lowest BCUT2D eigenvalue weighted by molar-refractivity contribution is 0.216. The van der Waals surface area contributed by atoms with E-state index in [1.165, 1.54) is 0 Å². The first kappa shape index (κ1) is 11.4. The van der Waals surface area contributed by atoms with Gasteiger partial charge in [-0.2, -0.15) is 4.98 Å². The van der Waals surface area contributed by atoms with Gasteiger partial charge in [0.2, 0.25) is 5.95 Å². The quantitative estimate of drug-likeness (QED) is 0.646. The molecule has 0 aliphatic rings. The number of nitrogens with zero attached hydrogens (tertiary/aromatic N) is 3. The van der Waals surface area contributed by atoms with Crippen LogP contribution in [0.2, 0.25) is 0 Å². The molecule has 2 aromatic heterocycles. The molecule has 0 aromatic carbocycles. The number of hydrogen-bond donors (Lipinski definition) is 3. The van der Waals surface area contributed by atoms with Gasteiger partial charge < -0.3 is 15.4 Å². The van der Waals surface area contributed by atoms with Crippen molar-refractivity contribution >= 4 is 17.1 Å². The Morgan fingerprint density at radius 3 is 2.67 bits per heavy atom. The largest absolute Gasteiger partial charge is 0.394 e. The predicted octanol–water partition coefficient (Wildman–Crippen LogP) is 0.782. The normalized spacial score (nSPS) is 9.93. The fourth-order valence-electron chi connectivity index (χ4n) is 0.860. The second-order valence-electron chi connectivity index (χ2n) is 3.17. The number of fused-ring (bicyclic) bond motifs is 1. The van der Waals surface area contributed by atoms with Gasteiger partial charge >= 0.3 is 0 Å². The van der Waals surface area contributed by atoms with Crippen LogP contribution in [0.1, 0.15) is 13.8 Å². The molecule has 0 radical (unpaired) electrons. The molecule has 2 rings (SSSR count). The Balaban J connectivity index is 0.000000245. The van der Waals surface area contributed by atoms with Crippen LogP contribution in [0.15, 0.2) is 12.5 Å². The summed E-state index contributed by atoms with van der Waals surface area (Å²) in [5.74, 6) is 0.599. The van der Waals surface area contributed by atoms with E-state index in [4.69, 9.17) is 5.11 Å². The average molecular weight is 209 g/mol. The Morgan fingerprint density at radius 1 is 1.40 bits per heavy atom. The topological polar surface area (TPSA) is 86.7 Å². The number of imidazole rings is 1. The zero-order valence-corrected chi connectivity index (χ0v) is 9.02. The highest BCUT2D eigenvalue weighted by Crippen LogP contribution is 2.05. The summed E-state index contributed by atoms with van der Waals surface area (Å²) in [6.07, 6.45) is 3.10. The molecule has 0 amide bonds. The fourth-order valence-corrected chi connectivity index (χ4v) is 0.860. The van der Waals surface area contributed by atoms with Gasteiger partial charge in [0, 0.05) is 13.2 Å². The first-order chi connectivity index (χ1) is 7.13. The van der Waals surface area contributed by atoms with Gasteiger partial charge in [0.15, 0.2) is 5.65 Å². The van der Waals surface area contributed by atoms with Gasteiger partial charge in [-0.3, -0.25) is 0 Å². The lowest BCUT2D eigenvalue weighted by Crippen LogP contribution is -1.95. The van der Waals surface area contributed by atoms with Crippen LogP contribution in [0, 0.1) is 0 Å². The summed E-state index contributed by atoms with van der Waals surface area (Å²) >= 11 is 0. The second kappa shape index (κ2) is 5.26. The van der Waals surface area contributed by atoms with Gasteiger partial charge in [0.05, 0.1) is 12.5 Å². The standard InChI is InChI=1S/C6H7N5.C3H8O/c1-7-6-8-2-4-5(11-6)10-3-9-4;1-3(2)4/h2-3H,1H3,(H2,7,8,9,10,11);3-4H,1-2H3. The Bertz CT molecular complexity index is 409. The predicted molar refractivity (Wildman–Crippen MR) is 58.6 cm³/mol. The van der Waals surface area contributed by atoms with Crippen molar-refractivity contribution in [3.8, 4) is 0 Å². The van der Waals surface area contributed by atoms with E-state index in [2.05, 4.69) is 25.3 Å². The minimum Gasteiger partial charge on any atom is -0.394 e. The second-order valence-corrected chi connectivity index (χ2v) is 3.17. The van der Waals surface area contributed by atoms with E-state index in [1.807, 2.05) is 0 Å². The van der Waals surface area contributed by atoms with E-state index in [1.54, 1.807) is 33.4 Å². The molecule has 0 fully saturated rings. The number of aliphatic hydroxyl groups is 1. The molecular weight excluding hydrogens is 194 g/mol. The summed E-state index contributed by atoms with van der Waals surface area (Å²) in [6, 6.07) is 0. The molecule has 0 spiro atoms. The van der Waals surface area contributed by atoms with Gasteiger partial charge in [0.1, 0.15) is 5.52 Å². The zero-order valence-electron chi connectivity index (χ0n) is 9.02. The van der Waals surface area contributed by atoms with Crippen LogP contribution < -0.4 is 5.32 Å². The number of nitrogens with one attached hydrogen (secondary N) is 2. The van der Waals surface area contributed by atoms with Crippen molar-refractivity contribution in [1.82, 2.24) is 19.9 Å². The molecule has 15 heavy (non-hydrogen) atoms. The van der Waals surface area contributed by atoms with Gasteiger partial charge in [-0.25, -0.2) is 9.97 Å². The van der Waals surface area contributed by atoms with E-state index < -0.39 is 0 Å². The number of aromatic nitrogens is 4. The first-order valence-corrected chi connectivity index (χ1v) is 4.65. The highest BCUT2D eigenvalue weighted by Gasteiger charge is 1.97. The van der Waals surface area contributed by atoms with Gasteiger partial charge in [-0.05, 0) is 13.8 Å². The lowest BCUT2D eigenvalue weighted by atomic mass is 10.5. The summed E-state index contributed by atoms with van der Waals surface area (Å²) in [7, 11) is 1.78. The lowest BCUT2D eigenvalue weighted by Gasteiger charge is -1.94. The summed E-state index contributed by atoms with van der Waals surface area (Å²) in [5.41, 5.74) is 1.54. The van der Waals surface area contributed by atoms with Crippen LogP contribution in [0.25, 0.3) is 11.2 Å². The van der Waals surface area contributed by atoms with Crippen LogP contribution in [-0.2, 0) is 0 Å². The highest BCUT2D eigenvalue weighted by atomic mass is 16.3. The number of anilines is 1. The molecule has 2 heterocycles. The number of H-pyrrole nitrogens is 1. The van der Waals surface area contributed by atoms with E-state index in [9.17, 15) is 0 Å². The molecule has 0 aliphatic carbocycles. The molecule has 2 aromatic rings. The van der Waals surface area contributed by atoms with Crippen LogP contribution in [0.5, 0.6) is 0 Å². The monoisotopic (exact) mass is 209 g/mol. The molecule has 0 atom stereocenters. The van der Waals surface area contributed by atoms with Crippen molar-refractivity contribution in [2.75, 3.05) is 12.4 Å². The van der Waals surface area contributed by atoms with E-state index in [-0.39, 0.29) is 6.10 Å². The third-order valence-electron chi connectivity index (χ3n) is 1.40. The number of aromatic amines is 1. The molecule has 6 nitrogen and oxygen atoms in total. The Labute approximate surface area is 87.8 Å². The minimum absolute atomic E-state index is 0.167. The van der Waals surface area contributed by atoms with Crippen molar-refractivity contribution in [3.05, 3.63) is 12.5 Å². The maximum absolute atomic E-state index is 8.06. The van der Waals surface area contributed by atoms with Crippen molar-refractivity contribution in [2.45, 2.75) is 20.0 Å². The third kappa shape index (κ3) is 3.51. The summed E-state index contributed by atoms with van der Waals surface area (Å²) in [6.45, 7) is 3.44. The van der Waals surface area contributed by atoms with E-state index in [0.717, 1.165) is 11.2 Å². The van der Waals surface area contributed by atoms with Crippen molar-refractivity contribution in [3.63, 3.8) is 0 Å². The third-order valence-corrected chi connectivity index (χ3v) is 1.40. The molecule has 0 aliphatic heterocycles. The maximum Gasteiger partial charge on any atom is 0.224 e. The van der Waals surface area contributed by atoms with Gasteiger partial charge in [-0.1, -0.05) is 0 Å². The molecule has 0 unspecified atom stereocenters. The number of rotatable bonds is 1. The molecule has 3 N–H and O–H groups in total. The van der Waals surface area contributed by atoms with Crippen LogP contribution in [0.4, 0.5) is 5.95 Å². The van der Waals surface area contributed by atoms with Gasteiger partial charge in [-0.15, -0.1) is 0 Å². The van der Waals surface area contributed by atoms with Crippen LogP contribution in [0.3, 0.4) is 0 Å². The molecular formula is C9H15N5O. The average Bonchev–Trinajstić information content (AvgIpc) is 2.63. The van der Waals surface area contributed by atoms with Crippen molar-refractivity contribution in [2.24, 2.45) is 0 Å². The molecule has 0 saturated carbocycles. The summed E-state index contributed by atoms with van der Waals surface area (Å²) in [5, 5.41) is 10.9. The minimum atomic E-state index is -0.167. The molecule has 82 valence electrons. The van der Waals surface area contributed by atoms with Crippen LogP contribution >= 0.6 is 0 Å². The first-order valence-electron chi connectivity index (χ1n) is 4.65. The van der Waals surface area contributed by atoms with E-state index in [0.29, 0.717) is 5.95 Å². The molecule has 6 heteroatoms. The Kier molecular flexibility index (Phi) is 3.99. The fraction of sp³-hybridized carbons (Fsp3) is 0.444. The zero-order chi connectivity index (χ0) is 11.3. The summed E-state index contributed by atoms with van der Waals surface area (Å²) < 4.78 is 0. The molecule has 0 bridgehead atoms. The SMILES string of the molecule is CC(C)O.CNc1ncc2nc[nH]c2n1. The van der Waals surface area contributed by atoms with Crippen molar-refractivity contribution < 1.29 is 5.11 Å². The van der Waals surface area contributed by atoms with Crippen LogP contribution in [-0.4, -0.2) is 38.2 Å². The summed E-state index contributed by atoms with van der Waals surface area (Å²) in [4.78, 5) is 15.0.